The highest BCUT2D eigenvalue weighted by Crippen LogP contribution is 2.37. The van der Waals surface area contributed by atoms with E-state index in [0.717, 1.165) is 91.2 Å². The van der Waals surface area contributed by atoms with E-state index in [1.165, 1.54) is 17.4 Å². The molecule has 2 aromatic carbocycles. The van der Waals surface area contributed by atoms with Crippen molar-refractivity contribution in [1.82, 2.24) is 28.9 Å². The van der Waals surface area contributed by atoms with Gasteiger partial charge in [-0.15, -0.1) is 0 Å². The highest BCUT2D eigenvalue weighted by atomic mass is 35.5. The van der Waals surface area contributed by atoms with Gasteiger partial charge in [-0.1, -0.05) is 47.5 Å². The van der Waals surface area contributed by atoms with Gasteiger partial charge in [-0.2, -0.15) is 0 Å². The van der Waals surface area contributed by atoms with Crippen molar-refractivity contribution in [2.75, 3.05) is 76.3 Å². The number of aryl methyl sites for hydroxylation is 3. The Bertz CT molecular complexity index is 2390. The van der Waals surface area contributed by atoms with Crippen LogP contribution >= 0.6 is 23.2 Å². The van der Waals surface area contributed by atoms with Gasteiger partial charge in [0.25, 0.3) is 11.8 Å². The Balaban J connectivity index is 0.000000169. The molecule has 4 N–H and O–H groups in total. The van der Waals surface area contributed by atoms with Crippen LogP contribution in [0.5, 0.6) is 0 Å². The minimum atomic E-state index is -0.585. The zero-order valence-corrected chi connectivity index (χ0v) is 33.3. The van der Waals surface area contributed by atoms with E-state index < -0.39 is 11.8 Å². The second kappa shape index (κ2) is 15.5. The van der Waals surface area contributed by atoms with Gasteiger partial charge in [-0.25, -0.2) is 9.97 Å². The molecule has 2 amide bonds. The molecule has 0 radical (unpaired) electrons. The smallest absolute Gasteiger partial charge is 0.267 e. The summed E-state index contributed by atoms with van der Waals surface area (Å²) in [6.07, 6.45) is 0. The van der Waals surface area contributed by atoms with Crippen molar-refractivity contribution in [3.05, 3.63) is 93.7 Å². The number of carbonyl (C=O) groups excluding carboxylic acids is 2. The number of aromatic nitrogens is 4. The molecular weight excluding hydrogens is 735 g/mol. The Kier molecular flexibility index (Phi) is 10.8. The van der Waals surface area contributed by atoms with Crippen molar-refractivity contribution in [3.8, 4) is 22.5 Å². The van der Waals surface area contributed by atoms with Crippen LogP contribution < -0.4 is 21.3 Å². The molecular formula is C41H46Cl2N10O2. The number of amides is 2. The SMILES string of the molecule is CN1CCN(c2ccc(-c3cc4c(Cl)cc(C(N)=O)nc4n3C)cc2)CC1.Cc1c(-c2ccc(N3CCN(C)CC3)cc2)n(C)c2nc(C(N)=O)cc(Cl)c12. The van der Waals surface area contributed by atoms with Crippen LogP contribution in [0.25, 0.3) is 44.6 Å². The Labute approximate surface area is 330 Å². The van der Waals surface area contributed by atoms with Crippen LogP contribution in [0.1, 0.15) is 26.5 Å². The van der Waals surface area contributed by atoms with E-state index in [0.29, 0.717) is 21.3 Å². The van der Waals surface area contributed by atoms with E-state index in [1.807, 2.05) is 36.2 Å². The number of carbonyl (C=O) groups is 2. The van der Waals surface area contributed by atoms with Crippen LogP contribution in [0.4, 0.5) is 11.4 Å². The number of anilines is 2. The molecule has 8 rings (SSSR count). The lowest BCUT2D eigenvalue weighted by Crippen LogP contribution is -2.44. The first-order chi connectivity index (χ1) is 26.3. The van der Waals surface area contributed by atoms with Crippen LogP contribution in [-0.2, 0) is 14.1 Å². The van der Waals surface area contributed by atoms with Crippen molar-refractivity contribution in [2.24, 2.45) is 25.6 Å². The molecule has 55 heavy (non-hydrogen) atoms. The quantitative estimate of drug-likeness (QED) is 0.217. The lowest BCUT2D eigenvalue weighted by atomic mass is 10.1. The molecule has 0 unspecified atom stereocenters. The monoisotopic (exact) mass is 780 g/mol. The fourth-order valence-corrected chi connectivity index (χ4v) is 8.13. The zero-order valence-electron chi connectivity index (χ0n) is 31.8. The van der Waals surface area contributed by atoms with E-state index in [2.05, 4.69) is 92.2 Å². The van der Waals surface area contributed by atoms with E-state index in [9.17, 15) is 9.59 Å². The van der Waals surface area contributed by atoms with Crippen LogP contribution in [-0.4, -0.2) is 107 Å². The van der Waals surface area contributed by atoms with Crippen molar-refractivity contribution in [2.45, 2.75) is 6.92 Å². The van der Waals surface area contributed by atoms with E-state index >= 15 is 0 Å². The molecule has 12 nitrogen and oxygen atoms in total. The maximum atomic E-state index is 11.6. The van der Waals surface area contributed by atoms with E-state index in [4.69, 9.17) is 34.7 Å². The van der Waals surface area contributed by atoms with Gasteiger partial charge in [0, 0.05) is 88.6 Å². The number of halogens is 2. The molecule has 0 atom stereocenters. The fourth-order valence-electron chi connectivity index (χ4n) is 7.56. The normalized spacial score (nSPS) is 15.4. The molecule has 2 aliphatic heterocycles. The van der Waals surface area contributed by atoms with Gasteiger partial charge >= 0.3 is 0 Å². The Morgan fingerprint density at radius 3 is 1.55 bits per heavy atom. The summed E-state index contributed by atoms with van der Waals surface area (Å²) >= 11 is 12.8. The van der Waals surface area contributed by atoms with E-state index in [-0.39, 0.29) is 11.4 Å². The number of hydrogen-bond acceptors (Lipinski definition) is 8. The zero-order chi connectivity index (χ0) is 39.1. The van der Waals surface area contributed by atoms with Gasteiger partial charge in [0.05, 0.1) is 21.4 Å². The highest BCUT2D eigenvalue weighted by Gasteiger charge is 2.21. The molecule has 0 saturated carbocycles. The summed E-state index contributed by atoms with van der Waals surface area (Å²) in [5.41, 5.74) is 20.1. The predicted octanol–water partition coefficient (Wildman–Crippen LogP) is 5.80. The number of primary amides is 2. The van der Waals surface area contributed by atoms with Gasteiger partial charge in [0.2, 0.25) is 0 Å². The average molecular weight is 782 g/mol. The third-order valence-electron chi connectivity index (χ3n) is 10.8. The minimum absolute atomic E-state index is 0.172. The second-order valence-corrected chi connectivity index (χ2v) is 15.3. The summed E-state index contributed by atoms with van der Waals surface area (Å²) in [6.45, 7) is 10.5. The van der Waals surface area contributed by atoms with Crippen molar-refractivity contribution in [3.63, 3.8) is 0 Å². The van der Waals surface area contributed by atoms with Gasteiger partial charge < -0.3 is 40.2 Å². The van der Waals surface area contributed by atoms with Gasteiger partial charge in [0.15, 0.2) is 0 Å². The summed E-state index contributed by atoms with van der Waals surface area (Å²) in [7, 11) is 8.17. The molecule has 6 aromatic rings. The summed E-state index contributed by atoms with van der Waals surface area (Å²) in [5, 5.41) is 2.63. The molecule has 14 heteroatoms. The molecule has 2 aliphatic rings. The lowest BCUT2D eigenvalue weighted by Gasteiger charge is -2.34. The standard InChI is InChI=1S/C21H24ClN5O.C20H22ClN5O/c1-13-18-16(22)12-17(20(23)28)24-21(18)26(3)19(13)14-4-6-15(7-5-14)27-10-8-25(2)9-11-27;1-24-7-9-26(10-8-24)14-5-3-13(4-6-14)18-11-15-16(21)12-17(19(22)27)23-20(15)25(18)2/h4-7,12H,8-11H2,1-3H3,(H2,23,28);3-6,11-12H,7-10H2,1-2H3,(H2,22,27). The van der Waals surface area contributed by atoms with Crippen LogP contribution in [0, 0.1) is 6.92 Å². The molecule has 0 spiro atoms. The predicted molar refractivity (Wildman–Crippen MR) is 224 cm³/mol. The summed E-state index contributed by atoms with van der Waals surface area (Å²) in [5.74, 6) is -1.17. The number of likely N-dealkylation sites (N-methyl/N-ethyl adjacent to an activating group) is 2. The summed E-state index contributed by atoms with van der Waals surface area (Å²) in [4.78, 5) is 41.4. The number of piperazine rings is 2. The maximum Gasteiger partial charge on any atom is 0.267 e. The topological polar surface area (TPSA) is 135 Å². The molecule has 0 bridgehead atoms. The third kappa shape index (κ3) is 7.59. The third-order valence-corrected chi connectivity index (χ3v) is 11.4. The number of fused-ring (bicyclic) bond motifs is 2. The van der Waals surface area contributed by atoms with Crippen molar-refractivity contribution < 1.29 is 9.59 Å². The van der Waals surface area contributed by atoms with Crippen LogP contribution in [0.3, 0.4) is 0 Å². The summed E-state index contributed by atoms with van der Waals surface area (Å²) < 4.78 is 3.92. The van der Waals surface area contributed by atoms with Crippen molar-refractivity contribution in [1.29, 1.82) is 0 Å². The van der Waals surface area contributed by atoms with E-state index in [1.54, 1.807) is 6.07 Å². The highest BCUT2D eigenvalue weighted by molar-refractivity contribution is 6.36. The fraction of sp³-hybridized carbons (Fsp3) is 0.317. The Morgan fingerprint density at radius 1 is 0.600 bits per heavy atom. The lowest BCUT2D eigenvalue weighted by molar-refractivity contribution is 0.0987. The molecule has 286 valence electrons. The first kappa shape index (κ1) is 38.1. The van der Waals surface area contributed by atoms with Gasteiger partial charge in [-0.3, -0.25) is 9.59 Å². The minimum Gasteiger partial charge on any atom is -0.369 e. The number of nitrogens with zero attached hydrogens (tertiary/aromatic N) is 8. The number of hydrogen-bond donors (Lipinski definition) is 2. The molecule has 2 fully saturated rings. The molecule has 0 aliphatic carbocycles. The van der Waals surface area contributed by atoms with Gasteiger partial charge in [0.1, 0.15) is 22.7 Å². The maximum absolute atomic E-state index is 11.6. The van der Waals surface area contributed by atoms with Crippen molar-refractivity contribution >= 4 is 68.5 Å². The first-order valence-corrected chi connectivity index (χ1v) is 19.0. The Hall–Kier alpha value is -5.14. The number of benzene rings is 2. The molecule has 4 aromatic heterocycles. The molecule has 2 saturated heterocycles. The summed E-state index contributed by atoms with van der Waals surface area (Å²) in [6, 6.07) is 22.2. The van der Waals surface area contributed by atoms with Crippen LogP contribution in [0.15, 0.2) is 66.7 Å². The largest absolute Gasteiger partial charge is 0.369 e. The number of nitrogens with two attached hydrogens (primary N) is 2. The van der Waals surface area contributed by atoms with Gasteiger partial charge in [-0.05, 0) is 80.2 Å². The first-order valence-electron chi connectivity index (χ1n) is 18.3. The number of rotatable bonds is 6. The van der Waals surface area contributed by atoms with Crippen LogP contribution in [0.2, 0.25) is 10.0 Å². The average Bonchev–Trinajstić information content (AvgIpc) is 3.65. The number of pyridine rings is 2. The molecule has 6 heterocycles. The Morgan fingerprint density at radius 2 is 1.05 bits per heavy atom. The second-order valence-electron chi connectivity index (χ2n) is 14.4.